The second-order valence-corrected chi connectivity index (χ2v) is 16.7. The minimum Gasteiger partial charge on any atom is -0.486 e. The van der Waals surface area contributed by atoms with Gasteiger partial charge < -0.3 is 14.4 Å². The molecule has 175 valence electrons. The van der Waals surface area contributed by atoms with Crippen LogP contribution in [-0.2, 0) is 11.5 Å². The van der Waals surface area contributed by atoms with E-state index in [1.807, 2.05) is 10.9 Å². The second kappa shape index (κ2) is 8.77. The van der Waals surface area contributed by atoms with E-state index < -0.39 is 8.07 Å². The summed E-state index contributed by atoms with van der Waals surface area (Å²) in [5.41, 5.74) is 2.15. The summed E-state index contributed by atoms with van der Waals surface area (Å²) in [6, 6.07) is 5.86. The standard InChI is InChI=1S/C23H28FIN5O2Si/c1-33(2,3)11-10-31-15-30-22-20(21(25)28-30)26-14-19(27-22)29-8-6-23(7-9-29)13-16-4-5-17(24)12-18(16)32-23/h4-5,12-14H,6-11,15H2,1-3H3. The SMILES string of the molecule is C[Si](C)(C)CCOCn1nc(I)c2ncc(N3CCC4([CH]c5ccc(F)cc5O4)CC3)nc21. The van der Waals surface area contributed by atoms with Crippen molar-refractivity contribution in [1.29, 1.82) is 0 Å². The Morgan fingerprint density at radius 2 is 2.03 bits per heavy atom. The van der Waals surface area contributed by atoms with Gasteiger partial charge in [-0.3, -0.25) is 0 Å². The first-order valence-corrected chi connectivity index (χ1v) is 16.1. The maximum atomic E-state index is 13.6. The molecule has 1 radical (unpaired) electrons. The first-order chi connectivity index (χ1) is 15.7. The van der Waals surface area contributed by atoms with E-state index in [0.29, 0.717) is 12.5 Å². The van der Waals surface area contributed by atoms with E-state index in [1.54, 1.807) is 6.07 Å². The van der Waals surface area contributed by atoms with Crippen molar-refractivity contribution in [3.63, 3.8) is 0 Å². The number of aromatic nitrogens is 4. The Balaban J connectivity index is 1.27. The Labute approximate surface area is 207 Å². The number of benzene rings is 1. The van der Waals surface area contributed by atoms with Crippen molar-refractivity contribution in [1.82, 2.24) is 19.7 Å². The quantitative estimate of drug-likeness (QED) is 0.236. The van der Waals surface area contributed by atoms with Crippen molar-refractivity contribution in [2.45, 2.75) is 50.9 Å². The summed E-state index contributed by atoms with van der Waals surface area (Å²) in [7, 11) is -1.13. The van der Waals surface area contributed by atoms with Crippen LogP contribution in [0.4, 0.5) is 10.2 Å². The van der Waals surface area contributed by atoms with Gasteiger partial charge in [0.05, 0.1) is 6.20 Å². The van der Waals surface area contributed by atoms with Crippen molar-refractivity contribution >= 4 is 47.6 Å². The second-order valence-electron chi connectivity index (χ2n) is 10.0. The molecule has 2 aliphatic rings. The zero-order valence-electron chi connectivity index (χ0n) is 19.1. The van der Waals surface area contributed by atoms with Crippen LogP contribution < -0.4 is 9.64 Å². The summed E-state index contributed by atoms with van der Waals surface area (Å²) in [5.74, 6) is 1.20. The topological polar surface area (TPSA) is 65.3 Å². The average Bonchev–Trinajstić information content (AvgIpc) is 3.27. The zero-order valence-corrected chi connectivity index (χ0v) is 22.3. The molecule has 0 unspecified atom stereocenters. The molecule has 33 heavy (non-hydrogen) atoms. The highest BCUT2D eigenvalue weighted by atomic mass is 127. The number of hydrogen-bond acceptors (Lipinski definition) is 6. The lowest BCUT2D eigenvalue weighted by Gasteiger charge is -2.38. The number of hydrogen-bond donors (Lipinski definition) is 0. The van der Waals surface area contributed by atoms with E-state index in [9.17, 15) is 4.39 Å². The van der Waals surface area contributed by atoms with Gasteiger partial charge in [0.15, 0.2) is 9.35 Å². The Morgan fingerprint density at radius 3 is 2.79 bits per heavy atom. The van der Waals surface area contributed by atoms with Gasteiger partial charge in [-0.25, -0.2) is 19.0 Å². The molecule has 0 N–H and O–H groups in total. The van der Waals surface area contributed by atoms with Gasteiger partial charge in [0.2, 0.25) is 0 Å². The summed E-state index contributed by atoms with van der Waals surface area (Å²) >= 11 is 2.20. The Bertz CT molecular complexity index is 1170. The van der Waals surface area contributed by atoms with Gasteiger partial charge in [-0.05, 0) is 34.7 Å². The fourth-order valence-electron chi connectivity index (χ4n) is 4.28. The van der Waals surface area contributed by atoms with E-state index in [-0.39, 0.29) is 11.4 Å². The van der Waals surface area contributed by atoms with Crippen LogP contribution in [0.5, 0.6) is 5.75 Å². The molecule has 3 aromatic rings. The molecule has 2 aromatic heterocycles. The lowest BCUT2D eigenvalue weighted by molar-refractivity contribution is 0.0810. The van der Waals surface area contributed by atoms with Crippen LogP contribution in [0.25, 0.3) is 11.2 Å². The van der Waals surface area contributed by atoms with E-state index in [4.69, 9.17) is 14.5 Å². The molecule has 1 aromatic carbocycles. The molecule has 5 rings (SSSR count). The van der Waals surface area contributed by atoms with Gasteiger partial charge in [0.25, 0.3) is 0 Å². The molecule has 0 bridgehead atoms. The number of anilines is 1. The summed E-state index contributed by atoms with van der Waals surface area (Å²) < 4.78 is 28.3. The van der Waals surface area contributed by atoms with Crippen molar-refractivity contribution < 1.29 is 13.9 Å². The third-order valence-electron chi connectivity index (χ3n) is 6.24. The van der Waals surface area contributed by atoms with Crippen LogP contribution in [0.3, 0.4) is 0 Å². The summed E-state index contributed by atoms with van der Waals surface area (Å²) in [5, 5.41) is 4.59. The summed E-state index contributed by atoms with van der Waals surface area (Å²) in [6.45, 7) is 9.70. The molecule has 10 heteroatoms. The highest BCUT2D eigenvalue weighted by Gasteiger charge is 2.42. The van der Waals surface area contributed by atoms with Crippen LogP contribution in [-0.4, -0.2) is 53.1 Å². The molecule has 0 atom stereocenters. The molecule has 2 aliphatic heterocycles. The first kappa shape index (κ1) is 23.0. The van der Waals surface area contributed by atoms with Crippen molar-refractivity contribution in [3.05, 3.63) is 45.9 Å². The monoisotopic (exact) mass is 580 g/mol. The number of halogens is 2. The van der Waals surface area contributed by atoms with Gasteiger partial charge in [-0.15, -0.1) is 0 Å². The molecule has 1 fully saturated rings. The van der Waals surface area contributed by atoms with Crippen LogP contribution >= 0.6 is 22.6 Å². The minimum atomic E-state index is -1.13. The van der Waals surface area contributed by atoms with Gasteiger partial charge >= 0.3 is 0 Å². The van der Waals surface area contributed by atoms with Gasteiger partial charge in [0, 0.05) is 58.7 Å². The van der Waals surface area contributed by atoms with E-state index in [2.05, 4.69) is 63.6 Å². The van der Waals surface area contributed by atoms with Crippen LogP contribution in [0.2, 0.25) is 25.7 Å². The van der Waals surface area contributed by atoms with E-state index in [1.165, 1.54) is 12.1 Å². The van der Waals surface area contributed by atoms with Gasteiger partial charge in [0.1, 0.15) is 35.2 Å². The first-order valence-electron chi connectivity index (χ1n) is 11.3. The maximum Gasteiger partial charge on any atom is 0.182 e. The summed E-state index contributed by atoms with van der Waals surface area (Å²) in [4.78, 5) is 11.8. The minimum absolute atomic E-state index is 0.268. The zero-order chi connectivity index (χ0) is 23.2. The van der Waals surface area contributed by atoms with Crippen molar-refractivity contribution in [3.8, 4) is 5.75 Å². The smallest absolute Gasteiger partial charge is 0.182 e. The highest BCUT2D eigenvalue weighted by Crippen LogP contribution is 2.43. The van der Waals surface area contributed by atoms with Crippen molar-refractivity contribution in [2.24, 2.45) is 0 Å². The number of fused-ring (bicyclic) bond motifs is 2. The number of nitrogens with zero attached hydrogens (tertiary/aromatic N) is 5. The lowest BCUT2D eigenvalue weighted by atomic mass is 9.87. The molecule has 0 amide bonds. The number of rotatable bonds is 6. The van der Waals surface area contributed by atoms with Crippen molar-refractivity contribution in [2.75, 3.05) is 24.6 Å². The van der Waals surface area contributed by atoms with Gasteiger partial charge in [-0.2, -0.15) is 5.10 Å². The van der Waals surface area contributed by atoms with Crippen LogP contribution in [0.1, 0.15) is 18.4 Å². The molecule has 1 saturated heterocycles. The summed E-state index contributed by atoms with van der Waals surface area (Å²) in [6.07, 6.45) is 5.58. The molecule has 4 heterocycles. The Kier molecular flexibility index (Phi) is 6.10. The molecular weight excluding hydrogens is 552 g/mol. The van der Waals surface area contributed by atoms with Crippen LogP contribution in [0, 0.1) is 15.9 Å². The molecular formula is C23H28FIN5O2Si. The Hall–Kier alpha value is -1.79. The normalized spacial score (nSPS) is 17.5. The molecule has 0 aliphatic carbocycles. The maximum absolute atomic E-state index is 13.6. The van der Waals surface area contributed by atoms with E-state index in [0.717, 1.165) is 64.8 Å². The fourth-order valence-corrected chi connectivity index (χ4v) is 5.67. The largest absolute Gasteiger partial charge is 0.486 e. The number of ether oxygens (including phenoxy) is 2. The predicted octanol–water partition coefficient (Wildman–Crippen LogP) is 4.87. The molecule has 7 nitrogen and oxygen atoms in total. The third-order valence-corrected chi connectivity index (χ3v) is 8.67. The fraction of sp³-hybridized carbons (Fsp3) is 0.478. The number of piperidine rings is 1. The predicted molar refractivity (Wildman–Crippen MR) is 137 cm³/mol. The Morgan fingerprint density at radius 1 is 1.24 bits per heavy atom. The molecule has 1 spiro atoms. The van der Waals surface area contributed by atoms with E-state index >= 15 is 0 Å². The molecule has 0 saturated carbocycles. The highest BCUT2D eigenvalue weighted by molar-refractivity contribution is 14.1. The van der Waals surface area contributed by atoms with Crippen LogP contribution in [0.15, 0.2) is 24.4 Å². The van der Waals surface area contributed by atoms with Gasteiger partial charge in [-0.1, -0.05) is 25.7 Å². The average molecular weight is 580 g/mol. The lowest BCUT2D eigenvalue weighted by Crippen LogP contribution is -2.47. The third kappa shape index (κ3) is 4.88.